The van der Waals surface area contributed by atoms with Crippen LogP contribution in [-0.2, 0) is 14.3 Å². The zero-order chi connectivity index (χ0) is 25.2. The number of nitrogens with one attached hydrogen (secondary N) is 2. The van der Waals surface area contributed by atoms with Gasteiger partial charge < -0.3 is 20.5 Å². The summed E-state index contributed by atoms with van der Waals surface area (Å²) < 4.78 is 33.8. The Hall–Kier alpha value is -3.14. The van der Waals surface area contributed by atoms with Crippen LogP contribution in [0.3, 0.4) is 0 Å². The number of amides is 2. The molecule has 2 amide bonds. The number of hydrogen-bond acceptors (Lipinski definition) is 5. The highest BCUT2D eigenvalue weighted by molar-refractivity contribution is 7.98. The topological polar surface area (TPSA) is 105 Å². The number of aliphatic carboxylic acids is 1. The number of carboxylic acid groups (broad SMARTS) is 1. The monoisotopic (exact) mass is 504 g/mol. The summed E-state index contributed by atoms with van der Waals surface area (Å²) in [7, 11) is 0. The highest BCUT2D eigenvalue weighted by Gasteiger charge is 2.71. The van der Waals surface area contributed by atoms with Gasteiger partial charge in [0, 0.05) is 12.5 Å². The number of rotatable bonds is 10. The van der Waals surface area contributed by atoms with Gasteiger partial charge in [-0.05, 0) is 40.7 Å². The van der Waals surface area contributed by atoms with Crippen LogP contribution in [0.5, 0.6) is 0 Å². The molecule has 4 rings (SSSR count). The smallest absolute Gasteiger partial charge is 0.407 e. The fourth-order valence-corrected chi connectivity index (χ4v) is 5.07. The summed E-state index contributed by atoms with van der Waals surface area (Å²) >= 11 is 1.39. The first kappa shape index (κ1) is 25.0. The first-order chi connectivity index (χ1) is 16.8. The van der Waals surface area contributed by atoms with E-state index in [0.717, 1.165) is 22.3 Å². The molecule has 1 fully saturated rings. The van der Waals surface area contributed by atoms with E-state index in [1.165, 1.54) is 11.8 Å². The molecule has 0 aromatic heterocycles. The lowest BCUT2D eigenvalue weighted by Crippen LogP contribution is -2.42. The summed E-state index contributed by atoms with van der Waals surface area (Å²) in [6.45, 7) is -0.412. The second kappa shape index (κ2) is 10.2. The van der Waals surface area contributed by atoms with E-state index in [2.05, 4.69) is 10.6 Å². The molecule has 10 heteroatoms. The molecule has 1 saturated carbocycles. The van der Waals surface area contributed by atoms with Crippen molar-refractivity contribution in [3.63, 3.8) is 0 Å². The Kier molecular flexibility index (Phi) is 7.30. The van der Waals surface area contributed by atoms with Gasteiger partial charge >= 0.3 is 12.1 Å². The van der Waals surface area contributed by atoms with Gasteiger partial charge in [0.15, 0.2) is 0 Å². The number of alkyl halides is 2. The summed E-state index contributed by atoms with van der Waals surface area (Å²) in [5.74, 6) is -8.43. The van der Waals surface area contributed by atoms with E-state index in [1.54, 1.807) is 6.26 Å². The van der Waals surface area contributed by atoms with Gasteiger partial charge in [-0.2, -0.15) is 11.8 Å². The van der Waals surface area contributed by atoms with Gasteiger partial charge in [0.25, 0.3) is 5.92 Å². The molecule has 0 spiro atoms. The minimum absolute atomic E-state index is 0.0422. The van der Waals surface area contributed by atoms with E-state index in [0.29, 0.717) is 5.75 Å². The number of halogens is 2. The predicted octanol–water partition coefficient (Wildman–Crippen LogP) is 3.73. The summed E-state index contributed by atoms with van der Waals surface area (Å²) in [6.07, 6.45) is 1.06. The van der Waals surface area contributed by atoms with Crippen LogP contribution in [-0.4, -0.2) is 60.2 Å². The zero-order valence-electron chi connectivity index (χ0n) is 19.0. The van der Waals surface area contributed by atoms with Crippen molar-refractivity contribution in [3.05, 3.63) is 59.7 Å². The predicted molar refractivity (Wildman–Crippen MR) is 128 cm³/mol. The zero-order valence-corrected chi connectivity index (χ0v) is 19.8. The molecule has 2 aliphatic rings. The van der Waals surface area contributed by atoms with Crippen LogP contribution < -0.4 is 10.6 Å². The van der Waals surface area contributed by atoms with Crippen LogP contribution in [0.25, 0.3) is 11.1 Å². The fraction of sp³-hybridized carbons (Fsp3) is 0.400. The first-order valence-corrected chi connectivity index (χ1v) is 12.6. The van der Waals surface area contributed by atoms with Crippen LogP contribution in [0.1, 0.15) is 23.5 Å². The maximum Gasteiger partial charge on any atom is 0.407 e. The maximum atomic E-state index is 14.2. The largest absolute Gasteiger partial charge is 0.480 e. The third-order valence-corrected chi connectivity index (χ3v) is 7.16. The van der Waals surface area contributed by atoms with E-state index in [1.807, 2.05) is 48.5 Å². The average Bonchev–Trinajstić information content (AvgIpc) is 3.25. The van der Waals surface area contributed by atoms with Crippen molar-refractivity contribution in [2.24, 2.45) is 11.8 Å². The molecule has 35 heavy (non-hydrogen) atoms. The first-order valence-electron chi connectivity index (χ1n) is 11.2. The highest BCUT2D eigenvalue weighted by atomic mass is 32.2. The fourth-order valence-electron chi connectivity index (χ4n) is 4.60. The Balaban J connectivity index is 1.30. The Morgan fingerprint density at radius 3 is 2.26 bits per heavy atom. The minimum Gasteiger partial charge on any atom is -0.480 e. The van der Waals surface area contributed by atoms with Gasteiger partial charge in [0.1, 0.15) is 18.6 Å². The Labute approximate surface area is 205 Å². The molecular weight excluding hydrogens is 478 g/mol. The molecule has 2 aliphatic carbocycles. The molecule has 0 radical (unpaired) electrons. The van der Waals surface area contributed by atoms with Crippen molar-refractivity contribution in [1.29, 1.82) is 0 Å². The molecule has 186 valence electrons. The molecule has 3 atom stereocenters. The van der Waals surface area contributed by atoms with Crippen molar-refractivity contribution in [3.8, 4) is 11.1 Å². The highest BCUT2D eigenvalue weighted by Crippen LogP contribution is 2.55. The van der Waals surface area contributed by atoms with Crippen LogP contribution in [0.4, 0.5) is 13.6 Å². The molecular formula is C25H26F2N2O5S. The number of carboxylic acids is 1. The van der Waals surface area contributed by atoms with Crippen molar-refractivity contribution in [2.75, 3.05) is 25.2 Å². The van der Waals surface area contributed by atoms with Gasteiger partial charge in [-0.3, -0.25) is 4.79 Å². The van der Waals surface area contributed by atoms with Crippen LogP contribution in [0.15, 0.2) is 48.5 Å². The van der Waals surface area contributed by atoms with Crippen molar-refractivity contribution >= 4 is 29.7 Å². The molecule has 2 aromatic carbocycles. The third-order valence-electron chi connectivity index (χ3n) is 6.52. The molecule has 0 unspecified atom stereocenters. The molecule has 3 N–H and O–H groups in total. The Morgan fingerprint density at radius 1 is 1.09 bits per heavy atom. The third kappa shape index (κ3) is 5.12. The van der Waals surface area contributed by atoms with E-state index < -0.39 is 48.3 Å². The second-order valence-electron chi connectivity index (χ2n) is 8.65. The van der Waals surface area contributed by atoms with Gasteiger partial charge in [0.05, 0.1) is 5.92 Å². The van der Waals surface area contributed by atoms with Gasteiger partial charge in [-0.15, -0.1) is 0 Å². The lowest BCUT2D eigenvalue weighted by molar-refractivity contribution is -0.142. The number of carbonyl (C=O) groups is 3. The lowest BCUT2D eigenvalue weighted by Gasteiger charge is -2.14. The van der Waals surface area contributed by atoms with Gasteiger partial charge in [-0.25, -0.2) is 18.4 Å². The molecule has 0 saturated heterocycles. The SMILES string of the molecule is CSCC[C@@H](NC(=O)[C@@H]1[C@H](CNC(=O)OCC2c3ccccc3-c3ccccc32)C1(F)F)C(=O)O. The average molecular weight is 505 g/mol. The summed E-state index contributed by atoms with van der Waals surface area (Å²) in [5.41, 5.74) is 4.20. The Morgan fingerprint density at radius 2 is 1.69 bits per heavy atom. The van der Waals surface area contributed by atoms with Crippen molar-refractivity contribution in [1.82, 2.24) is 10.6 Å². The van der Waals surface area contributed by atoms with Crippen LogP contribution >= 0.6 is 11.8 Å². The summed E-state index contributed by atoms with van der Waals surface area (Å²) in [5, 5.41) is 13.7. The molecule has 0 heterocycles. The summed E-state index contributed by atoms with van der Waals surface area (Å²) in [6, 6.07) is 14.4. The maximum absolute atomic E-state index is 14.2. The standard InChI is InChI=1S/C25H26F2N2O5S/c1-35-11-10-20(23(31)32)29-22(30)21-19(25(21,26)27)12-28-24(33)34-13-18-16-8-4-2-6-14(16)15-7-3-5-9-17(15)18/h2-9,18-21H,10-13H2,1H3,(H,28,33)(H,29,30)(H,31,32)/t19-,20+,21-/m0/s1. The van der Waals surface area contributed by atoms with E-state index in [-0.39, 0.29) is 18.9 Å². The number of hydrogen-bond donors (Lipinski definition) is 3. The molecule has 2 aromatic rings. The normalized spacial score (nSPS) is 20.3. The van der Waals surface area contributed by atoms with E-state index in [9.17, 15) is 28.3 Å². The van der Waals surface area contributed by atoms with Gasteiger partial charge in [-0.1, -0.05) is 48.5 Å². The molecule has 0 aliphatic heterocycles. The number of carbonyl (C=O) groups excluding carboxylic acids is 2. The van der Waals surface area contributed by atoms with E-state index in [4.69, 9.17) is 4.74 Å². The van der Waals surface area contributed by atoms with Crippen LogP contribution in [0.2, 0.25) is 0 Å². The second-order valence-corrected chi connectivity index (χ2v) is 9.63. The summed E-state index contributed by atoms with van der Waals surface area (Å²) in [4.78, 5) is 35.8. The van der Waals surface area contributed by atoms with Gasteiger partial charge in [0.2, 0.25) is 5.91 Å². The Bertz CT molecular complexity index is 1080. The quantitative estimate of drug-likeness (QED) is 0.456. The number of fused-ring (bicyclic) bond motifs is 3. The lowest BCUT2D eigenvalue weighted by atomic mass is 9.98. The molecule has 7 nitrogen and oxygen atoms in total. The number of ether oxygens (including phenoxy) is 1. The molecule has 0 bridgehead atoms. The van der Waals surface area contributed by atoms with E-state index >= 15 is 0 Å². The number of benzene rings is 2. The van der Waals surface area contributed by atoms with Crippen molar-refractivity contribution in [2.45, 2.75) is 24.3 Å². The minimum atomic E-state index is -3.33. The van der Waals surface area contributed by atoms with Crippen molar-refractivity contribution < 1.29 is 33.0 Å². The number of thioether (sulfide) groups is 1. The number of alkyl carbamates (subject to hydrolysis) is 1. The van der Waals surface area contributed by atoms with Crippen LogP contribution in [0, 0.1) is 11.8 Å².